The number of carbonyl (C=O) groups excluding carboxylic acids is 2. The van der Waals surface area contributed by atoms with Gasteiger partial charge in [-0.25, -0.2) is 4.57 Å². The van der Waals surface area contributed by atoms with Gasteiger partial charge in [-0.15, -0.1) is 0 Å². The summed E-state index contributed by atoms with van der Waals surface area (Å²) in [6.45, 7) is 2.35. The molecule has 0 spiro atoms. The summed E-state index contributed by atoms with van der Waals surface area (Å²) < 4.78 is 32.8. The van der Waals surface area contributed by atoms with Crippen LogP contribution in [-0.2, 0) is 32.7 Å². The molecule has 0 aliphatic carbocycles. The number of phosphoric ester groups is 1. The third-order valence-corrected chi connectivity index (χ3v) is 11.5. The average Bonchev–Trinajstić information content (AvgIpc) is 3.24. The first-order valence-electron chi connectivity index (χ1n) is 24.4. The molecule has 0 radical (unpaired) electrons. The molecule has 60 heavy (non-hydrogen) atoms. The van der Waals surface area contributed by atoms with Crippen molar-refractivity contribution in [3.05, 3.63) is 36.5 Å². The first kappa shape index (κ1) is 58.2. The molecule has 1 unspecified atom stereocenters. The Bertz CT molecular complexity index is 1090. The lowest BCUT2D eigenvalue weighted by Gasteiger charge is -2.20. The van der Waals surface area contributed by atoms with Gasteiger partial charge in [0.15, 0.2) is 6.10 Å². The minimum atomic E-state index is -4.63. The normalized spacial score (nSPS) is 14.0. The number of rotatable bonds is 46. The number of ether oxygens (including phenoxy) is 2. The predicted octanol–water partition coefficient (Wildman–Crippen LogP) is 13.5. The number of allylic oxidation sites excluding steroid dienone is 6. The summed E-state index contributed by atoms with van der Waals surface area (Å²) >= 11 is 0. The van der Waals surface area contributed by atoms with E-state index in [1.165, 1.54) is 141 Å². The maximum Gasteiger partial charge on any atom is 0.472 e. The molecule has 0 aromatic carbocycles. The first-order valence-corrected chi connectivity index (χ1v) is 25.9. The molecule has 0 aliphatic rings. The zero-order chi connectivity index (χ0) is 44.0. The zero-order valence-electron chi connectivity index (χ0n) is 38.4. The summed E-state index contributed by atoms with van der Waals surface area (Å²) in [5.41, 5.74) is 0. The van der Waals surface area contributed by atoms with Crippen LogP contribution in [0.25, 0.3) is 0 Å². The lowest BCUT2D eigenvalue weighted by atomic mass is 10.0. The van der Waals surface area contributed by atoms with Gasteiger partial charge < -0.3 is 24.6 Å². The highest BCUT2D eigenvalue weighted by Gasteiger charge is 2.27. The monoisotopic (exact) mass is 871 g/mol. The van der Waals surface area contributed by atoms with Gasteiger partial charge in [-0.1, -0.05) is 204 Å². The van der Waals surface area contributed by atoms with Crippen molar-refractivity contribution in [1.82, 2.24) is 0 Å². The maximum absolute atomic E-state index is 12.6. The van der Waals surface area contributed by atoms with E-state index in [1.54, 1.807) is 0 Å². The quantitative estimate of drug-likeness (QED) is 0.0234. The van der Waals surface area contributed by atoms with Gasteiger partial charge in [-0.05, 0) is 44.9 Å². The summed E-state index contributed by atoms with van der Waals surface area (Å²) in [6.07, 6.45) is 48.4. The van der Waals surface area contributed by atoms with Gasteiger partial charge in [0.05, 0.1) is 19.8 Å². The Morgan fingerprint density at radius 2 is 0.883 bits per heavy atom. The molecule has 0 aromatic rings. The van der Waals surface area contributed by atoms with Crippen LogP contribution < -0.4 is 0 Å². The smallest absolute Gasteiger partial charge is 0.462 e. The summed E-state index contributed by atoms with van der Waals surface area (Å²) in [5, 5.41) is 18.4. The molecule has 0 heterocycles. The van der Waals surface area contributed by atoms with Crippen LogP contribution in [-0.4, -0.2) is 65.7 Å². The van der Waals surface area contributed by atoms with E-state index in [0.29, 0.717) is 19.3 Å². The molecule has 0 aliphatic heterocycles. The number of hydrogen-bond donors (Lipinski definition) is 3. The molecule has 0 saturated heterocycles. The van der Waals surface area contributed by atoms with Crippen molar-refractivity contribution in [2.45, 2.75) is 238 Å². The molecule has 0 bridgehead atoms. The predicted molar refractivity (Wildman–Crippen MR) is 247 cm³/mol. The lowest BCUT2D eigenvalue weighted by Crippen LogP contribution is -2.29. The average molecular weight is 871 g/mol. The molecule has 0 rings (SSSR count). The van der Waals surface area contributed by atoms with Gasteiger partial charge in [0.1, 0.15) is 12.7 Å². The summed E-state index contributed by atoms with van der Waals surface area (Å²) in [5.74, 6) is -0.976. The third-order valence-electron chi connectivity index (χ3n) is 10.5. The fraction of sp³-hybridized carbons (Fsp3) is 0.837. The molecular formula is C49H91O10P. The van der Waals surface area contributed by atoms with Crippen LogP contribution in [0.1, 0.15) is 226 Å². The van der Waals surface area contributed by atoms with Crippen LogP contribution in [0.4, 0.5) is 0 Å². The molecule has 0 saturated carbocycles. The molecule has 352 valence electrons. The SMILES string of the molecule is CCCCCCCC/C=C/C/C=C/C/C=C/CCCC(=O)O[C@H](COC(=O)CCCCCCCCCCCCCCCCCCCCCC)COP(=O)(O)OC[C@@H](O)CO. The number of unbranched alkanes of at least 4 members (excludes halogenated alkanes) is 26. The fourth-order valence-corrected chi connectivity index (χ4v) is 7.57. The molecular weight excluding hydrogens is 780 g/mol. The molecule has 0 fully saturated rings. The van der Waals surface area contributed by atoms with E-state index in [-0.39, 0.29) is 19.4 Å². The molecule has 0 aromatic heterocycles. The second-order valence-corrected chi connectivity index (χ2v) is 17.9. The Morgan fingerprint density at radius 3 is 1.35 bits per heavy atom. The highest BCUT2D eigenvalue weighted by Crippen LogP contribution is 2.43. The Hall–Kier alpha value is -1.81. The van der Waals surface area contributed by atoms with Crippen LogP contribution in [0, 0.1) is 0 Å². The van der Waals surface area contributed by atoms with Gasteiger partial charge >= 0.3 is 19.8 Å². The van der Waals surface area contributed by atoms with Crippen LogP contribution in [0.15, 0.2) is 36.5 Å². The Kier molecular flexibility index (Phi) is 43.9. The molecule has 11 heteroatoms. The maximum atomic E-state index is 12.6. The van der Waals surface area contributed by atoms with Crippen molar-refractivity contribution < 1.29 is 47.8 Å². The van der Waals surface area contributed by atoms with Crippen LogP contribution in [0.3, 0.4) is 0 Å². The Morgan fingerprint density at radius 1 is 0.500 bits per heavy atom. The number of esters is 2. The Balaban J connectivity index is 4.25. The Labute approximate surface area is 367 Å². The number of carbonyl (C=O) groups is 2. The largest absolute Gasteiger partial charge is 0.472 e. The van der Waals surface area contributed by atoms with Crippen LogP contribution in [0.5, 0.6) is 0 Å². The standard InChI is InChI=1S/C49H91O10P/c1-3-5-7-9-11-13-15-17-19-21-22-23-25-26-28-30-32-34-36-38-40-48(52)56-44-47(45-58-60(54,55)57-43-46(51)42-50)59-49(53)41-39-37-35-33-31-29-27-24-20-18-16-14-12-10-8-6-4-2/h18,20,27,29,33,35,46-47,50-51H,3-17,19,21-26,28,30-32,34,36-45H2,1-2H3,(H,54,55)/b20-18+,29-27+,35-33+/t46-,47+/m0/s1. The second kappa shape index (κ2) is 45.2. The molecule has 0 amide bonds. The summed E-state index contributed by atoms with van der Waals surface area (Å²) in [7, 11) is -4.63. The van der Waals surface area contributed by atoms with Crippen molar-refractivity contribution in [3.63, 3.8) is 0 Å². The van der Waals surface area contributed by atoms with E-state index >= 15 is 0 Å². The highest BCUT2D eigenvalue weighted by atomic mass is 31.2. The number of phosphoric acid groups is 1. The summed E-state index contributed by atoms with van der Waals surface area (Å²) in [4.78, 5) is 35.1. The fourth-order valence-electron chi connectivity index (χ4n) is 6.78. The van der Waals surface area contributed by atoms with Crippen molar-refractivity contribution in [2.75, 3.05) is 26.4 Å². The van der Waals surface area contributed by atoms with Crippen LogP contribution >= 0.6 is 7.82 Å². The minimum Gasteiger partial charge on any atom is -0.462 e. The van der Waals surface area contributed by atoms with Gasteiger partial charge in [-0.2, -0.15) is 0 Å². The van der Waals surface area contributed by atoms with Gasteiger partial charge in [0.25, 0.3) is 0 Å². The minimum absolute atomic E-state index is 0.114. The van der Waals surface area contributed by atoms with Crippen molar-refractivity contribution in [1.29, 1.82) is 0 Å². The van der Waals surface area contributed by atoms with Crippen molar-refractivity contribution >= 4 is 19.8 Å². The molecule has 3 atom stereocenters. The van der Waals surface area contributed by atoms with Crippen LogP contribution in [0.2, 0.25) is 0 Å². The van der Waals surface area contributed by atoms with E-state index in [4.69, 9.17) is 23.6 Å². The molecule has 3 N–H and O–H groups in total. The van der Waals surface area contributed by atoms with E-state index in [0.717, 1.165) is 38.5 Å². The van der Waals surface area contributed by atoms with E-state index in [1.807, 2.05) is 6.08 Å². The second-order valence-electron chi connectivity index (χ2n) is 16.5. The topological polar surface area (TPSA) is 149 Å². The highest BCUT2D eigenvalue weighted by molar-refractivity contribution is 7.47. The molecule has 10 nitrogen and oxygen atoms in total. The van der Waals surface area contributed by atoms with Gasteiger partial charge in [-0.3, -0.25) is 18.6 Å². The number of aliphatic hydroxyl groups is 2. The van der Waals surface area contributed by atoms with Crippen molar-refractivity contribution in [2.24, 2.45) is 0 Å². The third kappa shape index (κ3) is 44.3. The lowest BCUT2D eigenvalue weighted by molar-refractivity contribution is -0.161. The van der Waals surface area contributed by atoms with Crippen molar-refractivity contribution in [3.8, 4) is 0 Å². The van der Waals surface area contributed by atoms with E-state index < -0.39 is 51.8 Å². The first-order chi connectivity index (χ1) is 29.2. The van der Waals surface area contributed by atoms with E-state index in [9.17, 15) is 24.2 Å². The summed E-state index contributed by atoms with van der Waals surface area (Å²) in [6, 6.07) is 0. The zero-order valence-corrected chi connectivity index (χ0v) is 39.3. The number of aliphatic hydroxyl groups excluding tert-OH is 2. The van der Waals surface area contributed by atoms with Gasteiger partial charge in [0.2, 0.25) is 0 Å². The van der Waals surface area contributed by atoms with E-state index in [2.05, 4.69) is 44.2 Å². The number of hydrogen-bond acceptors (Lipinski definition) is 9. The van der Waals surface area contributed by atoms with Gasteiger partial charge in [0, 0.05) is 12.8 Å².